The molecule has 17 heavy (non-hydrogen) atoms. The van der Waals surface area contributed by atoms with Crippen molar-refractivity contribution in [1.29, 1.82) is 0 Å². The summed E-state index contributed by atoms with van der Waals surface area (Å²) in [5.74, 6) is -0.242. The second-order valence-corrected chi connectivity index (χ2v) is 3.89. The van der Waals surface area contributed by atoms with Crippen molar-refractivity contribution >= 4 is 16.6 Å². The van der Waals surface area contributed by atoms with E-state index >= 15 is 0 Å². The first-order valence-corrected chi connectivity index (χ1v) is 5.22. The van der Waals surface area contributed by atoms with Gasteiger partial charge in [-0.3, -0.25) is 4.98 Å². The van der Waals surface area contributed by atoms with E-state index < -0.39 is 0 Å². The molecule has 3 N–H and O–H groups in total. The van der Waals surface area contributed by atoms with Crippen LogP contribution in [0.2, 0.25) is 0 Å². The van der Waals surface area contributed by atoms with Crippen molar-refractivity contribution < 1.29 is 4.39 Å². The van der Waals surface area contributed by atoms with Crippen molar-refractivity contribution in [3.05, 3.63) is 48.4 Å². The third-order valence-corrected chi connectivity index (χ3v) is 2.65. The third kappa shape index (κ3) is 1.73. The maximum atomic E-state index is 13.1. The summed E-state index contributed by atoms with van der Waals surface area (Å²) in [5, 5.41) is 0.832. The van der Waals surface area contributed by atoms with Gasteiger partial charge in [-0.25, -0.2) is 4.39 Å². The third-order valence-electron chi connectivity index (χ3n) is 2.65. The van der Waals surface area contributed by atoms with Crippen molar-refractivity contribution in [2.45, 2.75) is 0 Å². The Bertz CT molecular complexity index is 671. The molecule has 84 valence electrons. The van der Waals surface area contributed by atoms with E-state index in [1.54, 1.807) is 18.3 Å². The van der Waals surface area contributed by atoms with E-state index in [0.29, 0.717) is 5.69 Å². The molecule has 0 saturated carbocycles. The van der Waals surface area contributed by atoms with Crippen molar-refractivity contribution in [2.75, 3.05) is 5.73 Å². The van der Waals surface area contributed by atoms with Gasteiger partial charge in [0.25, 0.3) is 0 Å². The minimum absolute atomic E-state index is 0.242. The summed E-state index contributed by atoms with van der Waals surface area (Å²) >= 11 is 0. The van der Waals surface area contributed by atoms with Crippen LogP contribution in [0.25, 0.3) is 22.3 Å². The Morgan fingerprint density at radius 3 is 2.76 bits per heavy atom. The summed E-state index contributed by atoms with van der Waals surface area (Å²) in [6.07, 6.45) is 1.60. The molecule has 0 spiro atoms. The smallest absolute Gasteiger partial charge is 0.123 e. The molecular weight excluding hydrogens is 217 g/mol. The Kier molecular flexibility index (Phi) is 2.08. The Hall–Kier alpha value is -2.36. The van der Waals surface area contributed by atoms with Gasteiger partial charge in [-0.05, 0) is 36.4 Å². The number of halogens is 1. The van der Waals surface area contributed by atoms with E-state index in [9.17, 15) is 4.39 Å². The molecule has 0 fully saturated rings. The zero-order valence-electron chi connectivity index (χ0n) is 8.94. The number of benzene rings is 1. The highest BCUT2D eigenvalue weighted by Crippen LogP contribution is 2.23. The SMILES string of the molecule is Nc1ccc(-c2cc3cc(F)ccc3[nH]2)nc1. The number of pyridine rings is 1. The van der Waals surface area contributed by atoms with Crippen LogP contribution in [0.1, 0.15) is 0 Å². The second-order valence-electron chi connectivity index (χ2n) is 3.89. The number of nitrogens with two attached hydrogens (primary N) is 1. The van der Waals surface area contributed by atoms with Crippen LogP contribution in [-0.2, 0) is 0 Å². The van der Waals surface area contributed by atoms with Crippen LogP contribution in [-0.4, -0.2) is 9.97 Å². The fraction of sp³-hybridized carbons (Fsp3) is 0. The molecule has 4 heteroatoms. The summed E-state index contributed by atoms with van der Waals surface area (Å²) < 4.78 is 13.1. The van der Waals surface area contributed by atoms with E-state index in [1.165, 1.54) is 12.1 Å². The lowest BCUT2D eigenvalue weighted by Gasteiger charge is -1.96. The van der Waals surface area contributed by atoms with Gasteiger partial charge in [0, 0.05) is 10.9 Å². The van der Waals surface area contributed by atoms with Crippen LogP contribution in [0.4, 0.5) is 10.1 Å². The van der Waals surface area contributed by atoms with Gasteiger partial charge in [0.2, 0.25) is 0 Å². The highest BCUT2D eigenvalue weighted by molar-refractivity contribution is 5.85. The Morgan fingerprint density at radius 1 is 1.12 bits per heavy atom. The number of fused-ring (bicyclic) bond motifs is 1. The van der Waals surface area contributed by atoms with Gasteiger partial charge in [-0.1, -0.05) is 0 Å². The molecular formula is C13H10FN3. The zero-order valence-corrected chi connectivity index (χ0v) is 8.94. The average Bonchev–Trinajstić information content (AvgIpc) is 2.72. The minimum atomic E-state index is -0.242. The van der Waals surface area contributed by atoms with Crippen LogP contribution in [0.5, 0.6) is 0 Å². The quantitative estimate of drug-likeness (QED) is 0.671. The van der Waals surface area contributed by atoms with Crippen molar-refractivity contribution in [3.8, 4) is 11.4 Å². The van der Waals surface area contributed by atoms with Crippen LogP contribution in [0, 0.1) is 5.82 Å². The molecule has 0 atom stereocenters. The number of H-pyrrole nitrogens is 1. The highest BCUT2D eigenvalue weighted by Gasteiger charge is 2.04. The predicted octanol–water partition coefficient (Wildman–Crippen LogP) is 2.95. The Balaban J connectivity index is 2.14. The normalized spacial score (nSPS) is 10.9. The van der Waals surface area contributed by atoms with Crippen LogP contribution in [0.15, 0.2) is 42.6 Å². The molecule has 2 aromatic heterocycles. The topological polar surface area (TPSA) is 54.7 Å². The van der Waals surface area contributed by atoms with Crippen molar-refractivity contribution in [2.24, 2.45) is 0 Å². The molecule has 2 heterocycles. The van der Waals surface area contributed by atoms with Gasteiger partial charge in [-0.15, -0.1) is 0 Å². The predicted molar refractivity (Wildman–Crippen MR) is 65.9 cm³/mol. The Morgan fingerprint density at radius 2 is 2.00 bits per heavy atom. The molecule has 3 aromatic rings. The first-order chi connectivity index (χ1) is 8.22. The number of aromatic nitrogens is 2. The van der Waals surface area contributed by atoms with E-state index in [1.807, 2.05) is 12.1 Å². The number of nitrogens with one attached hydrogen (secondary N) is 1. The molecule has 0 unspecified atom stereocenters. The molecule has 3 nitrogen and oxygen atoms in total. The average molecular weight is 227 g/mol. The maximum Gasteiger partial charge on any atom is 0.123 e. The molecule has 0 amide bonds. The molecule has 0 aliphatic rings. The number of hydrogen-bond donors (Lipinski definition) is 2. The summed E-state index contributed by atoms with van der Waals surface area (Å²) in [6, 6.07) is 10.1. The van der Waals surface area contributed by atoms with Gasteiger partial charge < -0.3 is 10.7 Å². The maximum absolute atomic E-state index is 13.1. The van der Waals surface area contributed by atoms with Crippen LogP contribution < -0.4 is 5.73 Å². The minimum Gasteiger partial charge on any atom is -0.397 e. The number of rotatable bonds is 1. The fourth-order valence-corrected chi connectivity index (χ4v) is 1.81. The lowest BCUT2D eigenvalue weighted by molar-refractivity contribution is 0.630. The summed E-state index contributed by atoms with van der Waals surface area (Å²) in [5.41, 5.74) is 8.73. The van der Waals surface area contributed by atoms with E-state index in [0.717, 1.165) is 22.3 Å². The molecule has 0 saturated heterocycles. The van der Waals surface area contributed by atoms with Gasteiger partial charge in [-0.2, -0.15) is 0 Å². The lowest BCUT2D eigenvalue weighted by atomic mass is 10.2. The number of hydrogen-bond acceptors (Lipinski definition) is 2. The first kappa shape index (κ1) is 9.84. The van der Waals surface area contributed by atoms with Crippen LogP contribution in [0.3, 0.4) is 0 Å². The van der Waals surface area contributed by atoms with Crippen molar-refractivity contribution in [3.63, 3.8) is 0 Å². The van der Waals surface area contributed by atoms with Gasteiger partial charge in [0.1, 0.15) is 5.82 Å². The first-order valence-electron chi connectivity index (χ1n) is 5.22. The number of anilines is 1. The summed E-state index contributed by atoms with van der Waals surface area (Å²) in [6.45, 7) is 0. The van der Waals surface area contributed by atoms with E-state index in [4.69, 9.17) is 5.73 Å². The molecule has 0 radical (unpaired) electrons. The number of nitrogen functional groups attached to an aromatic ring is 1. The Labute approximate surface area is 97.1 Å². The zero-order chi connectivity index (χ0) is 11.8. The largest absolute Gasteiger partial charge is 0.397 e. The lowest BCUT2D eigenvalue weighted by Crippen LogP contribution is -1.87. The molecule has 0 bridgehead atoms. The molecule has 0 aliphatic carbocycles. The van der Waals surface area contributed by atoms with E-state index in [-0.39, 0.29) is 5.82 Å². The second kappa shape index (κ2) is 3.59. The summed E-state index contributed by atoms with van der Waals surface area (Å²) in [7, 11) is 0. The number of aromatic amines is 1. The van der Waals surface area contributed by atoms with Crippen LogP contribution >= 0.6 is 0 Å². The van der Waals surface area contributed by atoms with Gasteiger partial charge in [0.05, 0.1) is 23.3 Å². The molecule has 0 aliphatic heterocycles. The standard InChI is InChI=1S/C13H10FN3/c14-9-1-3-11-8(5-9)6-13(17-11)12-4-2-10(15)7-16-12/h1-7,17H,15H2. The molecule has 1 aromatic carbocycles. The number of nitrogens with zero attached hydrogens (tertiary/aromatic N) is 1. The van der Waals surface area contributed by atoms with Crippen molar-refractivity contribution in [1.82, 2.24) is 9.97 Å². The molecule has 3 rings (SSSR count). The van der Waals surface area contributed by atoms with E-state index in [2.05, 4.69) is 9.97 Å². The fourth-order valence-electron chi connectivity index (χ4n) is 1.81. The van der Waals surface area contributed by atoms with Gasteiger partial charge >= 0.3 is 0 Å². The monoisotopic (exact) mass is 227 g/mol. The summed E-state index contributed by atoms with van der Waals surface area (Å²) in [4.78, 5) is 7.40. The van der Waals surface area contributed by atoms with Gasteiger partial charge in [0.15, 0.2) is 0 Å². The highest BCUT2D eigenvalue weighted by atomic mass is 19.1.